The van der Waals surface area contributed by atoms with E-state index in [1.807, 2.05) is 35.2 Å². The Hall–Kier alpha value is -2.14. The molecule has 5 heteroatoms. The Labute approximate surface area is 123 Å². The van der Waals surface area contributed by atoms with Gasteiger partial charge in [-0.25, -0.2) is 0 Å². The minimum Gasteiger partial charge on any atom is -0.388 e. The molecule has 110 valence electrons. The van der Waals surface area contributed by atoms with Crippen molar-refractivity contribution in [2.75, 3.05) is 13.1 Å². The molecule has 1 aromatic heterocycles. The third kappa shape index (κ3) is 2.97. The van der Waals surface area contributed by atoms with E-state index in [4.69, 9.17) is 0 Å². The van der Waals surface area contributed by atoms with Gasteiger partial charge in [0.05, 0.1) is 6.10 Å². The van der Waals surface area contributed by atoms with Crippen molar-refractivity contribution in [2.45, 2.75) is 18.9 Å². The lowest BCUT2D eigenvalue weighted by Gasteiger charge is -2.34. The van der Waals surface area contributed by atoms with Gasteiger partial charge >= 0.3 is 0 Å². The molecule has 1 saturated heterocycles. The molecule has 0 spiro atoms. The Balaban J connectivity index is 1.59. The summed E-state index contributed by atoms with van der Waals surface area (Å²) in [6.45, 7) is 1.35. The van der Waals surface area contributed by atoms with Crippen LogP contribution >= 0.6 is 0 Å². The third-order valence-electron chi connectivity index (χ3n) is 4.15. The molecule has 2 aromatic rings. The number of aromatic nitrogens is 2. The van der Waals surface area contributed by atoms with Crippen molar-refractivity contribution < 1.29 is 9.90 Å². The lowest BCUT2D eigenvalue weighted by molar-refractivity contribution is 0.0458. The zero-order valence-corrected chi connectivity index (χ0v) is 11.8. The number of hydrogen-bond donors (Lipinski definition) is 2. The molecule has 2 heterocycles. The Morgan fingerprint density at radius 3 is 2.57 bits per heavy atom. The highest BCUT2D eigenvalue weighted by molar-refractivity contribution is 5.92. The first-order valence-electron chi connectivity index (χ1n) is 7.27. The predicted octanol–water partition coefficient (Wildman–Crippen LogP) is 2.00. The van der Waals surface area contributed by atoms with Crippen LogP contribution in [0.3, 0.4) is 0 Å². The van der Waals surface area contributed by atoms with E-state index in [1.165, 1.54) is 0 Å². The maximum absolute atomic E-state index is 12.2. The van der Waals surface area contributed by atoms with Crippen LogP contribution in [0.4, 0.5) is 0 Å². The lowest BCUT2D eigenvalue weighted by atomic mass is 9.87. The Morgan fingerprint density at radius 2 is 1.95 bits per heavy atom. The number of aliphatic hydroxyl groups is 1. The van der Waals surface area contributed by atoms with Crippen LogP contribution in [0.1, 0.15) is 35.0 Å². The summed E-state index contributed by atoms with van der Waals surface area (Å²) in [6.07, 6.45) is 2.76. The molecular weight excluding hydrogens is 266 g/mol. The van der Waals surface area contributed by atoms with E-state index in [-0.39, 0.29) is 11.8 Å². The molecule has 1 unspecified atom stereocenters. The number of piperidine rings is 1. The van der Waals surface area contributed by atoms with Crippen molar-refractivity contribution in [1.82, 2.24) is 15.1 Å². The van der Waals surface area contributed by atoms with Crippen molar-refractivity contribution in [3.05, 3.63) is 53.9 Å². The van der Waals surface area contributed by atoms with Crippen LogP contribution in [-0.2, 0) is 0 Å². The highest BCUT2D eigenvalue weighted by Gasteiger charge is 2.28. The van der Waals surface area contributed by atoms with E-state index in [9.17, 15) is 9.90 Å². The predicted molar refractivity (Wildman–Crippen MR) is 78.6 cm³/mol. The lowest BCUT2D eigenvalue weighted by Crippen LogP contribution is -2.39. The first-order valence-corrected chi connectivity index (χ1v) is 7.27. The summed E-state index contributed by atoms with van der Waals surface area (Å²) in [5, 5.41) is 16.9. The van der Waals surface area contributed by atoms with Crippen LogP contribution in [0.25, 0.3) is 0 Å². The molecular formula is C16H19N3O2. The SMILES string of the molecule is O=C(c1ccn[nH]1)N1CCC(C(O)c2ccccc2)CC1. The van der Waals surface area contributed by atoms with Crippen molar-refractivity contribution in [2.24, 2.45) is 5.92 Å². The van der Waals surface area contributed by atoms with Crippen molar-refractivity contribution >= 4 is 5.91 Å². The van der Waals surface area contributed by atoms with E-state index in [0.717, 1.165) is 18.4 Å². The van der Waals surface area contributed by atoms with Gasteiger partial charge in [0.1, 0.15) is 5.69 Å². The number of benzene rings is 1. The van der Waals surface area contributed by atoms with E-state index >= 15 is 0 Å². The average Bonchev–Trinajstić information content (AvgIpc) is 3.09. The fourth-order valence-electron chi connectivity index (χ4n) is 2.89. The summed E-state index contributed by atoms with van der Waals surface area (Å²) in [6, 6.07) is 11.4. The number of aliphatic hydroxyl groups excluding tert-OH is 1. The van der Waals surface area contributed by atoms with Gasteiger partial charge in [0, 0.05) is 19.3 Å². The molecule has 1 amide bonds. The van der Waals surface area contributed by atoms with Crippen LogP contribution < -0.4 is 0 Å². The van der Waals surface area contributed by atoms with Crippen LogP contribution in [0, 0.1) is 5.92 Å². The van der Waals surface area contributed by atoms with E-state index in [0.29, 0.717) is 18.8 Å². The smallest absolute Gasteiger partial charge is 0.271 e. The molecule has 0 aliphatic carbocycles. The van der Waals surface area contributed by atoms with Crippen LogP contribution in [0.2, 0.25) is 0 Å². The van der Waals surface area contributed by atoms with Crippen molar-refractivity contribution in [3.63, 3.8) is 0 Å². The number of carbonyl (C=O) groups excluding carboxylic acids is 1. The Morgan fingerprint density at radius 1 is 1.24 bits per heavy atom. The number of nitrogens with zero attached hydrogens (tertiary/aromatic N) is 2. The van der Waals surface area contributed by atoms with Crippen molar-refractivity contribution in [3.8, 4) is 0 Å². The zero-order chi connectivity index (χ0) is 14.7. The highest BCUT2D eigenvalue weighted by Crippen LogP contribution is 2.30. The second kappa shape index (κ2) is 6.10. The molecule has 1 aliphatic rings. The van der Waals surface area contributed by atoms with Gasteiger partial charge in [-0.2, -0.15) is 5.10 Å². The van der Waals surface area contributed by atoms with Gasteiger partial charge in [-0.3, -0.25) is 9.89 Å². The summed E-state index contributed by atoms with van der Waals surface area (Å²) in [5.74, 6) is 0.193. The number of carbonyl (C=O) groups is 1. The Bertz CT molecular complexity index is 575. The normalized spacial score (nSPS) is 17.7. The maximum atomic E-state index is 12.2. The number of amides is 1. The number of aromatic amines is 1. The van der Waals surface area contributed by atoms with Gasteiger partial charge in [-0.15, -0.1) is 0 Å². The summed E-state index contributed by atoms with van der Waals surface area (Å²) in [5.41, 5.74) is 1.48. The van der Waals surface area contributed by atoms with Gasteiger partial charge in [0.2, 0.25) is 0 Å². The minimum atomic E-state index is -0.449. The molecule has 1 aliphatic heterocycles. The van der Waals surface area contributed by atoms with E-state index in [2.05, 4.69) is 10.2 Å². The average molecular weight is 285 g/mol. The monoisotopic (exact) mass is 285 g/mol. The second-order valence-electron chi connectivity index (χ2n) is 5.46. The summed E-state index contributed by atoms with van der Waals surface area (Å²) in [4.78, 5) is 14.0. The third-order valence-corrected chi connectivity index (χ3v) is 4.15. The number of H-pyrrole nitrogens is 1. The van der Waals surface area contributed by atoms with Gasteiger partial charge in [0.25, 0.3) is 5.91 Å². The minimum absolute atomic E-state index is 0.0137. The van der Waals surface area contributed by atoms with Gasteiger partial charge in [0.15, 0.2) is 0 Å². The fourth-order valence-corrected chi connectivity index (χ4v) is 2.89. The van der Waals surface area contributed by atoms with Gasteiger partial charge < -0.3 is 10.0 Å². The fraction of sp³-hybridized carbons (Fsp3) is 0.375. The number of rotatable bonds is 3. The molecule has 1 atom stereocenters. The molecule has 0 saturated carbocycles. The van der Waals surface area contributed by atoms with Crippen LogP contribution in [-0.4, -0.2) is 39.2 Å². The Kier molecular flexibility index (Phi) is 4.01. The topological polar surface area (TPSA) is 69.2 Å². The first-order chi connectivity index (χ1) is 10.3. The summed E-state index contributed by atoms with van der Waals surface area (Å²) < 4.78 is 0. The number of hydrogen-bond acceptors (Lipinski definition) is 3. The van der Waals surface area contributed by atoms with Crippen molar-refractivity contribution in [1.29, 1.82) is 0 Å². The summed E-state index contributed by atoms with van der Waals surface area (Å²) >= 11 is 0. The molecule has 0 radical (unpaired) electrons. The van der Waals surface area contributed by atoms with Crippen LogP contribution in [0.15, 0.2) is 42.6 Å². The van der Waals surface area contributed by atoms with Gasteiger partial charge in [-0.05, 0) is 30.4 Å². The highest BCUT2D eigenvalue weighted by atomic mass is 16.3. The van der Waals surface area contributed by atoms with Gasteiger partial charge in [-0.1, -0.05) is 30.3 Å². The molecule has 2 N–H and O–H groups in total. The largest absolute Gasteiger partial charge is 0.388 e. The number of likely N-dealkylation sites (tertiary alicyclic amines) is 1. The second-order valence-corrected chi connectivity index (χ2v) is 5.46. The first kappa shape index (κ1) is 13.8. The molecule has 5 nitrogen and oxygen atoms in total. The van der Waals surface area contributed by atoms with E-state index < -0.39 is 6.10 Å². The number of nitrogens with one attached hydrogen (secondary N) is 1. The molecule has 1 fully saturated rings. The molecule has 21 heavy (non-hydrogen) atoms. The zero-order valence-electron chi connectivity index (χ0n) is 11.8. The molecule has 0 bridgehead atoms. The molecule has 3 rings (SSSR count). The molecule has 1 aromatic carbocycles. The summed E-state index contributed by atoms with van der Waals surface area (Å²) in [7, 11) is 0. The standard InChI is InChI=1S/C16H19N3O2/c20-15(12-4-2-1-3-5-12)13-7-10-19(11-8-13)16(21)14-6-9-17-18-14/h1-6,9,13,15,20H,7-8,10-11H2,(H,17,18). The van der Waals surface area contributed by atoms with E-state index in [1.54, 1.807) is 12.3 Å². The quantitative estimate of drug-likeness (QED) is 0.906. The van der Waals surface area contributed by atoms with Crippen LogP contribution in [0.5, 0.6) is 0 Å². The maximum Gasteiger partial charge on any atom is 0.271 e.